The number of ether oxygens (including phenoxy) is 1. The molecule has 0 aromatic heterocycles. The van der Waals surface area contributed by atoms with Gasteiger partial charge in [-0.25, -0.2) is 9.82 Å². The Morgan fingerprint density at radius 1 is 1.29 bits per heavy atom. The molecule has 2 rings (SSSR count). The minimum absolute atomic E-state index is 0.210. The monoisotopic (exact) mass is 306 g/mol. The lowest BCUT2D eigenvalue weighted by molar-refractivity contribution is -0.123. The van der Waals surface area contributed by atoms with Gasteiger partial charge in [0.15, 0.2) is 6.61 Å². The predicted molar refractivity (Wildman–Crippen MR) is 79.1 cm³/mol. The van der Waals surface area contributed by atoms with Crippen LogP contribution in [-0.2, 0) is 4.79 Å². The Hall–Kier alpha value is -2.40. The van der Waals surface area contributed by atoms with Crippen LogP contribution in [0.4, 0.5) is 4.39 Å². The average molecular weight is 307 g/mol. The molecule has 6 heteroatoms. The fourth-order valence-electron chi connectivity index (χ4n) is 1.48. The topological polar surface area (TPSA) is 50.7 Å². The number of rotatable bonds is 5. The zero-order valence-electron chi connectivity index (χ0n) is 10.9. The summed E-state index contributed by atoms with van der Waals surface area (Å²) in [5.74, 6) is -0.374. The second-order valence-corrected chi connectivity index (χ2v) is 4.53. The summed E-state index contributed by atoms with van der Waals surface area (Å²) < 4.78 is 17.8. The van der Waals surface area contributed by atoms with Crippen LogP contribution in [0.15, 0.2) is 53.6 Å². The number of halogens is 2. The van der Waals surface area contributed by atoms with Crippen molar-refractivity contribution >= 4 is 23.7 Å². The van der Waals surface area contributed by atoms with Gasteiger partial charge >= 0.3 is 0 Å². The van der Waals surface area contributed by atoms with Crippen LogP contribution < -0.4 is 10.2 Å². The van der Waals surface area contributed by atoms with E-state index in [2.05, 4.69) is 10.5 Å². The zero-order chi connectivity index (χ0) is 15.1. The quantitative estimate of drug-likeness (QED) is 0.682. The Labute approximate surface area is 126 Å². The molecule has 0 aliphatic carbocycles. The van der Waals surface area contributed by atoms with E-state index in [-0.39, 0.29) is 12.4 Å². The van der Waals surface area contributed by atoms with Gasteiger partial charge in [-0.15, -0.1) is 0 Å². The zero-order valence-corrected chi connectivity index (χ0v) is 11.7. The van der Waals surface area contributed by atoms with Crippen LogP contribution in [0.5, 0.6) is 5.75 Å². The molecule has 0 fully saturated rings. The third-order valence-corrected chi connectivity index (χ3v) is 2.67. The molecule has 0 spiro atoms. The van der Waals surface area contributed by atoms with Gasteiger partial charge in [0.1, 0.15) is 11.6 Å². The Kier molecular flexibility index (Phi) is 5.29. The van der Waals surface area contributed by atoms with E-state index in [4.69, 9.17) is 16.3 Å². The fraction of sp³-hybridized carbons (Fsp3) is 0.0667. The van der Waals surface area contributed by atoms with Crippen LogP contribution in [0.1, 0.15) is 5.56 Å². The van der Waals surface area contributed by atoms with Gasteiger partial charge in [-0.1, -0.05) is 23.7 Å². The van der Waals surface area contributed by atoms with E-state index in [0.717, 1.165) is 5.56 Å². The second-order valence-electron chi connectivity index (χ2n) is 4.09. The van der Waals surface area contributed by atoms with Crippen LogP contribution in [0.3, 0.4) is 0 Å². The highest BCUT2D eigenvalue weighted by Gasteiger charge is 2.01. The van der Waals surface area contributed by atoms with Gasteiger partial charge in [0, 0.05) is 5.02 Å². The normalized spacial score (nSPS) is 10.6. The maximum absolute atomic E-state index is 12.7. The summed E-state index contributed by atoms with van der Waals surface area (Å²) in [4.78, 5) is 11.5. The maximum atomic E-state index is 12.7. The van der Waals surface area contributed by atoms with Crippen molar-refractivity contribution in [2.75, 3.05) is 6.61 Å². The highest BCUT2D eigenvalue weighted by atomic mass is 35.5. The smallest absolute Gasteiger partial charge is 0.277 e. The number of hydrogen-bond donors (Lipinski definition) is 1. The molecule has 2 aromatic carbocycles. The lowest BCUT2D eigenvalue weighted by atomic mass is 10.2. The molecule has 1 N–H and O–H groups in total. The number of hydrazone groups is 1. The van der Waals surface area contributed by atoms with Crippen LogP contribution in [0, 0.1) is 5.82 Å². The summed E-state index contributed by atoms with van der Waals surface area (Å²) in [6.45, 7) is -0.210. The molecule has 2 aromatic rings. The van der Waals surface area contributed by atoms with Crippen molar-refractivity contribution in [2.24, 2.45) is 5.10 Å². The maximum Gasteiger partial charge on any atom is 0.277 e. The predicted octanol–water partition coefficient (Wildman–Crippen LogP) is 3.01. The molecule has 108 valence electrons. The van der Waals surface area contributed by atoms with Gasteiger partial charge in [0.25, 0.3) is 5.91 Å². The molecular weight excluding hydrogens is 295 g/mol. The summed E-state index contributed by atoms with van der Waals surface area (Å²) in [6.07, 6.45) is 1.47. The van der Waals surface area contributed by atoms with Crippen molar-refractivity contribution in [3.05, 3.63) is 64.9 Å². The van der Waals surface area contributed by atoms with E-state index in [1.165, 1.54) is 30.5 Å². The first-order chi connectivity index (χ1) is 10.1. The van der Waals surface area contributed by atoms with Gasteiger partial charge in [-0.05, 0) is 42.0 Å². The first-order valence-corrected chi connectivity index (χ1v) is 6.47. The Balaban J connectivity index is 1.78. The van der Waals surface area contributed by atoms with Gasteiger partial charge < -0.3 is 4.74 Å². The molecule has 0 radical (unpaired) electrons. The van der Waals surface area contributed by atoms with Gasteiger partial charge in [0.2, 0.25) is 0 Å². The summed E-state index contributed by atoms with van der Waals surface area (Å²) >= 11 is 5.82. The molecule has 1 amide bonds. The molecule has 0 saturated heterocycles. The summed E-state index contributed by atoms with van der Waals surface area (Å²) in [5.41, 5.74) is 3.09. The van der Waals surface area contributed by atoms with Gasteiger partial charge in [0.05, 0.1) is 6.21 Å². The highest BCUT2D eigenvalue weighted by molar-refractivity contribution is 6.30. The number of carbonyl (C=O) groups is 1. The second kappa shape index (κ2) is 7.40. The van der Waals surface area contributed by atoms with Crippen LogP contribution in [0.2, 0.25) is 5.02 Å². The number of nitrogens with one attached hydrogen (secondary N) is 1. The van der Waals surface area contributed by atoms with E-state index < -0.39 is 5.91 Å². The Morgan fingerprint density at radius 2 is 2.05 bits per heavy atom. The summed E-state index contributed by atoms with van der Waals surface area (Å²) in [5, 5.41) is 4.37. The number of benzene rings is 2. The third-order valence-electron chi connectivity index (χ3n) is 2.44. The van der Waals surface area contributed by atoms with E-state index in [9.17, 15) is 9.18 Å². The van der Waals surface area contributed by atoms with Gasteiger partial charge in [-0.2, -0.15) is 5.10 Å². The van der Waals surface area contributed by atoms with E-state index in [0.29, 0.717) is 10.8 Å². The third kappa shape index (κ3) is 5.24. The molecular formula is C15H12ClFN2O2. The standard InChI is InChI=1S/C15H12ClFN2O2/c16-12-3-1-2-11(8-12)9-18-19-15(20)10-21-14-6-4-13(17)5-7-14/h1-9H,10H2,(H,19,20)/b18-9-. The number of nitrogens with zero attached hydrogens (tertiary/aromatic N) is 1. The average Bonchev–Trinajstić information content (AvgIpc) is 2.47. The number of amides is 1. The molecule has 4 nitrogen and oxygen atoms in total. The molecule has 0 heterocycles. The highest BCUT2D eigenvalue weighted by Crippen LogP contribution is 2.10. The van der Waals surface area contributed by atoms with Crippen LogP contribution in [0.25, 0.3) is 0 Å². The Morgan fingerprint density at radius 3 is 2.76 bits per heavy atom. The minimum atomic E-state index is -0.419. The summed E-state index contributed by atoms with van der Waals surface area (Å²) in [7, 11) is 0. The molecule has 21 heavy (non-hydrogen) atoms. The van der Waals surface area contributed by atoms with Crippen LogP contribution in [-0.4, -0.2) is 18.7 Å². The van der Waals surface area contributed by atoms with E-state index in [1.807, 2.05) is 0 Å². The molecule has 0 unspecified atom stereocenters. The largest absolute Gasteiger partial charge is 0.484 e. The number of carbonyl (C=O) groups excluding carboxylic acids is 1. The first-order valence-electron chi connectivity index (χ1n) is 6.09. The molecule has 0 bridgehead atoms. The van der Waals surface area contributed by atoms with Crippen LogP contribution >= 0.6 is 11.6 Å². The Bertz CT molecular complexity index is 644. The van der Waals surface area contributed by atoms with E-state index in [1.54, 1.807) is 24.3 Å². The van der Waals surface area contributed by atoms with Gasteiger partial charge in [-0.3, -0.25) is 4.79 Å². The van der Waals surface area contributed by atoms with Crippen molar-refractivity contribution in [3.63, 3.8) is 0 Å². The first kappa shape index (κ1) is 15.0. The van der Waals surface area contributed by atoms with Crippen molar-refractivity contribution in [3.8, 4) is 5.75 Å². The summed E-state index contributed by atoms with van der Waals surface area (Å²) in [6, 6.07) is 12.4. The van der Waals surface area contributed by atoms with E-state index >= 15 is 0 Å². The van der Waals surface area contributed by atoms with Crippen molar-refractivity contribution in [1.82, 2.24) is 5.43 Å². The number of hydrogen-bond acceptors (Lipinski definition) is 3. The molecule has 0 aliphatic heterocycles. The lowest BCUT2D eigenvalue weighted by Crippen LogP contribution is -2.24. The van der Waals surface area contributed by atoms with Crippen molar-refractivity contribution in [1.29, 1.82) is 0 Å². The lowest BCUT2D eigenvalue weighted by Gasteiger charge is -2.04. The van der Waals surface area contributed by atoms with Crippen molar-refractivity contribution < 1.29 is 13.9 Å². The molecule has 0 atom stereocenters. The minimum Gasteiger partial charge on any atom is -0.484 e. The SMILES string of the molecule is O=C(COc1ccc(F)cc1)N/N=C\c1cccc(Cl)c1. The fourth-order valence-corrected chi connectivity index (χ4v) is 1.68. The molecule has 0 saturated carbocycles. The molecule has 0 aliphatic rings. The van der Waals surface area contributed by atoms with Crippen molar-refractivity contribution in [2.45, 2.75) is 0 Å².